The van der Waals surface area contributed by atoms with Gasteiger partial charge in [0.2, 0.25) is 0 Å². The van der Waals surface area contributed by atoms with Crippen molar-refractivity contribution in [2.24, 2.45) is 33.5 Å². The van der Waals surface area contributed by atoms with E-state index < -0.39 is 0 Å². The zero-order valence-electron chi connectivity index (χ0n) is 22.2. The monoisotopic (exact) mass is 482 g/mol. The second kappa shape index (κ2) is 6.54. The summed E-state index contributed by atoms with van der Waals surface area (Å²) in [5.74, 6) is 2.54. The van der Waals surface area contributed by atoms with E-state index in [1.165, 1.54) is 88.2 Å². The van der Waals surface area contributed by atoms with Crippen LogP contribution < -0.4 is 0 Å². The van der Waals surface area contributed by atoms with E-state index in [2.05, 4.69) is 38.1 Å². The van der Waals surface area contributed by atoms with Gasteiger partial charge < -0.3 is 10.2 Å². The predicted molar refractivity (Wildman–Crippen MR) is 143 cm³/mol. The molecule has 8 saturated carbocycles. The first-order valence-corrected chi connectivity index (χ1v) is 14.7. The van der Waals surface area contributed by atoms with E-state index in [1.807, 2.05) is 24.3 Å². The molecule has 0 amide bonds. The van der Waals surface area contributed by atoms with Crippen LogP contribution in [0.3, 0.4) is 0 Å². The van der Waals surface area contributed by atoms with E-state index in [4.69, 9.17) is 0 Å². The summed E-state index contributed by atoms with van der Waals surface area (Å²) in [6.07, 6.45) is 16.7. The lowest BCUT2D eigenvalue weighted by molar-refractivity contribution is -0.249. The van der Waals surface area contributed by atoms with Crippen LogP contribution in [0.4, 0.5) is 0 Å². The number of hydrogen-bond acceptors (Lipinski definition) is 2. The molecule has 0 aromatic heterocycles. The second-order valence-corrected chi connectivity index (χ2v) is 15.9. The molecule has 0 heterocycles. The molecule has 8 fully saturated rings. The maximum atomic E-state index is 10.1. The molecule has 10 rings (SSSR count). The lowest BCUT2D eigenvalue weighted by Crippen LogP contribution is -2.69. The Kier molecular flexibility index (Phi) is 4.01. The summed E-state index contributed by atoms with van der Waals surface area (Å²) in [5, 5.41) is 20.1. The average molecular weight is 483 g/mol. The molecule has 2 N–H and O–H groups in total. The van der Waals surface area contributed by atoms with Gasteiger partial charge in [-0.05, 0) is 157 Å². The number of hydrogen-bond donors (Lipinski definition) is 2. The highest BCUT2D eigenvalue weighted by Gasteiger charge is 2.73. The van der Waals surface area contributed by atoms with Crippen molar-refractivity contribution < 1.29 is 10.2 Å². The standard InChI is InChI=1S/C34H42O2/c1-29-16-30(2)18-32(17-29,26-5-9-28(36)10-6-26)22-34(19-29,20-30)33-14-23-11-24(15-33)13-31(12-23,21-33)25-3-7-27(35)8-4-25/h3-10,23-24,35-36H,11-22H2,1-2H3. The Morgan fingerprint density at radius 3 is 1.53 bits per heavy atom. The minimum atomic E-state index is 0.265. The maximum Gasteiger partial charge on any atom is 0.115 e. The van der Waals surface area contributed by atoms with E-state index in [9.17, 15) is 10.2 Å². The van der Waals surface area contributed by atoms with Crippen molar-refractivity contribution in [2.75, 3.05) is 0 Å². The molecule has 2 aromatic carbocycles. The summed E-state index contributed by atoms with van der Waals surface area (Å²) in [7, 11) is 0. The van der Waals surface area contributed by atoms with Gasteiger partial charge in [-0.1, -0.05) is 38.1 Å². The quantitative estimate of drug-likeness (QED) is 0.462. The third-order valence-corrected chi connectivity index (χ3v) is 12.7. The fourth-order valence-electron chi connectivity index (χ4n) is 13.4. The van der Waals surface area contributed by atoms with Crippen molar-refractivity contribution >= 4 is 0 Å². The molecule has 36 heavy (non-hydrogen) atoms. The van der Waals surface area contributed by atoms with Crippen molar-refractivity contribution in [3.05, 3.63) is 59.7 Å². The highest BCUT2D eigenvalue weighted by Crippen LogP contribution is 2.82. The van der Waals surface area contributed by atoms with E-state index in [0.717, 1.165) is 11.8 Å². The number of benzene rings is 2. The van der Waals surface area contributed by atoms with E-state index in [-0.39, 0.29) is 5.41 Å². The molecule has 8 bridgehead atoms. The fraction of sp³-hybridized carbons (Fsp3) is 0.647. The smallest absolute Gasteiger partial charge is 0.115 e. The van der Waals surface area contributed by atoms with Gasteiger partial charge in [0.1, 0.15) is 11.5 Å². The molecule has 4 atom stereocenters. The van der Waals surface area contributed by atoms with E-state index in [1.54, 1.807) is 0 Å². The van der Waals surface area contributed by atoms with E-state index in [0.29, 0.717) is 38.6 Å². The highest BCUT2D eigenvalue weighted by atomic mass is 16.3. The van der Waals surface area contributed by atoms with Gasteiger partial charge in [-0.15, -0.1) is 0 Å². The molecule has 2 aromatic rings. The van der Waals surface area contributed by atoms with Crippen LogP contribution in [0.25, 0.3) is 0 Å². The molecule has 8 aliphatic rings. The highest BCUT2D eigenvalue weighted by molar-refractivity contribution is 5.39. The Labute approximate surface area is 216 Å². The molecular formula is C34H42O2. The Balaban J connectivity index is 1.27. The van der Waals surface area contributed by atoms with Crippen molar-refractivity contribution in [1.29, 1.82) is 0 Å². The number of phenols is 2. The normalized spacial score (nSPS) is 50.1. The van der Waals surface area contributed by atoms with Crippen molar-refractivity contribution in [3.8, 4) is 11.5 Å². The van der Waals surface area contributed by atoms with Crippen molar-refractivity contribution in [1.82, 2.24) is 0 Å². The topological polar surface area (TPSA) is 40.5 Å². The first-order chi connectivity index (χ1) is 17.1. The van der Waals surface area contributed by atoms with Gasteiger partial charge in [0, 0.05) is 0 Å². The Morgan fingerprint density at radius 2 is 1.00 bits per heavy atom. The molecular weight excluding hydrogens is 440 g/mol. The molecule has 0 spiro atoms. The molecule has 4 unspecified atom stereocenters. The molecule has 0 aliphatic heterocycles. The zero-order chi connectivity index (χ0) is 24.6. The zero-order valence-corrected chi connectivity index (χ0v) is 22.2. The van der Waals surface area contributed by atoms with Crippen LogP contribution in [0.1, 0.15) is 102 Å². The lowest BCUT2D eigenvalue weighted by Gasteiger charge is -2.77. The molecule has 0 saturated heterocycles. The molecule has 190 valence electrons. The first-order valence-electron chi connectivity index (χ1n) is 14.7. The van der Waals surface area contributed by atoms with Crippen molar-refractivity contribution in [3.63, 3.8) is 0 Å². The Morgan fingerprint density at radius 1 is 0.528 bits per heavy atom. The third-order valence-electron chi connectivity index (χ3n) is 12.7. The van der Waals surface area contributed by atoms with Gasteiger partial charge in [0.25, 0.3) is 0 Å². The minimum absolute atomic E-state index is 0.265. The SMILES string of the molecule is CC12CC3(C)CC(c4ccc(O)cc4)(C1)CC(C14CC5CC(CC(c6ccc(O)cc6)(C5)C1)C4)(C2)C3. The van der Waals surface area contributed by atoms with Gasteiger partial charge in [0.15, 0.2) is 0 Å². The van der Waals surface area contributed by atoms with Crippen LogP contribution in [0.5, 0.6) is 11.5 Å². The largest absolute Gasteiger partial charge is 0.508 e. The van der Waals surface area contributed by atoms with Crippen LogP contribution >= 0.6 is 0 Å². The molecule has 2 heteroatoms. The van der Waals surface area contributed by atoms with Crippen molar-refractivity contribution in [2.45, 2.75) is 102 Å². The number of aromatic hydroxyl groups is 2. The number of phenolic OH excluding ortho intramolecular Hbond substituents is 2. The van der Waals surface area contributed by atoms with Gasteiger partial charge in [-0.2, -0.15) is 0 Å². The molecule has 8 aliphatic carbocycles. The van der Waals surface area contributed by atoms with Crippen LogP contribution in [0.15, 0.2) is 48.5 Å². The maximum absolute atomic E-state index is 10.1. The summed E-state index contributed by atoms with van der Waals surface area (Å²) < 4.78 is 0. The van der Waals surface area contributed by atoms with Gasteiger partial charge in [-0.3, -0.25) is 0 Å². The van der Waals surface area contributed by atoms with E-state index >= 15 is 0 Å². The lowest BCUT2D eigenvalue weighted by atomic mass is 9.27. The summed E-state index contributed by atoms with van der Waals surface area (Å²) >= 11 is 0. The van der Waals surface area contributed by atoms with Crippen LogP contribution in [-0.4, -0.2) is 10.2 Å². The second-order valence-electron chi connectivity index (χ2n) is 15.9. The average Bonchev–Trinajstić information content (AvgIpc) is 2.76. The summed E-state index contributed by atoms with van der Waals surface area (Å²) in [4.78, 5) is 0. The Bertz CT molecular complexity index is 1190. The van der Waals surface area contributed by atoms with Crippen LogP contribution in [-0.2, 0) is 10.8 Å². The van der Waals surface area contributed by atoms with Gasteiger partial charge >= 0.3 is 0 Å². The number of rotatable bonds is 3. The summed E-state index contributed by atoms with van der Waals surface area (Å²) in [5.41, 5.74) is 5.33. The Hall–Kier alpha value is -1.96. The molecule has 2 nitrogen and oxygen atoms in total. The predicted octanol–water partition coefficient (Wildman–Crippen LogP) is 8.25. The van der Waals surface area contributed by atoms with Gasteiger partial charge in [-0.25, -0.2) is 0 Å². The third kappa shape index (κ3) is 2.80. The van der Waals surface area contributed by atoms with Gasteiger partial charge in [0.05, 0.1) is 0 Å². The summed E-state index contributed by atoms with van der Waals surface area (Å²) in [6, 6.07) is 16.8. The molecule has 0 radical (unpaired) electrons. The van der Waals surface area contributed by atoms with Crippen LogP contribution in [0.2, 0.25) is 0 Å². The summed E-state index contributed by atoms with van der Waals surface area (Å²) in [6.45, 7) is 5.28. The first kappa shape index (κ1) is 22.1. The minimum Gasteiger partial charge on any atom is -0.508 e. The van der Waals surface area contributed by atoms with Crippen LogP contribution in [0, 0.1) is 33.5 Å². The fourth-order valence-corrected chi connectivity index (χ4v) is 13.4.